The number of nitrogens with one attached hydrogen (secondary N) is 2. The topological polar surface area (TPSA) is 116 Å². The maximum absolute atomic E-state index is 12.4. The number of aromatic carboxylic acids is 1. The second kappa shape index (κ2) is 7.54. The molecule has 0 saturated carbocycles. The Balaban J connectivity index is 2.17. The fourth-order valence-corrected chi connectivity index (χ4v) is 3.04. The van der Waals surface area contributed by atoms with E-state index in [9.17, 15) is 14.4 Å². The molecule has 1 heterocycles. The van der Waals surface area contributed by atoms with Crippen LogP contribution in [0.15, 0.2) is 32.5 Å². The molecular weight excluding hydrogens is 358 g/mol. The Bertz CT molecular complexity index is 832. The lowest BCUT2D eigenvalue weighted by molar-refractivity contribution is -0.772. The molecule has 8 nitrogen and oxygen atoms in total. The number of halogens is 1. The van der Waals surface area contributed by atoms with Crippen LogP contribution in [0.2, 0.25) is 5.02 Å². The molecule has 0 saturated heterocycles. The standard InChI is InChI=1S/C14H14ClN3O5S/c1-3-10(24-12-14(22)23-17-18(12)2)11(19)16-7-4-5-9(15)8(6-7)13(20)21/h4-6,10H,3H2,1-2H3,(H2-,16,17,19,20,21,22)/p+1. The van der Waals surface area contributed by atoms with E-state index in [0.29, 0.717) is 12.1 Å². The number of carboxylic acid groups (broad SMARTS) is 1. The summed E-state index contributed by atoms with van der Waals surface area (Å²) in [6, 6.07) is 4.19. The normalized spacial score (nSPS) is 12.0. The van der Waals surface area contributed by atoms with Crippen LogP contribution in [0.5, 0.6) is 0 Å². The maximum Gasteiger partial charge on any atom is 0.441 e. The Morgan fingerprint density at radius 1 is 1.50 bits per heavy atom. The van der Waals surface area contributed by atoms with Crippen LogP contribution < -0.4 is 15.6 Å². The minimum atomic E-state index is -1.19. The fourth-order valence-electron chi connectivity index (χ4n) is 1.91. The van der Waals surface area contributed by atoms with Crippen LogP contribution in [0.1, 0.15) is 23.7 Å². The van der Waals surface area contributed by atoms with Crippen LogP contribution in [0.3, 0.4) is 0 Å². The molecule has 24 heavy (non-hydrogen) atoms. The van der Waals surface area contributed by atoms with Crippen molar-refractivity contribution in [2.45, 2.75) is 23.6 Å². The number of thioether (sulfide) groups is 1. The Hall–Kier alpha value is -2.26. The molecule has 1 amide bonds. The van der Waals surface area contributed by atoms with E-state index < -0.39 is 16.8 Å². The van der Waals surface area contributed by atoms with E-state index in [1.54, 1.807) is 14.0 Å². The summed E-state index contributed by atoms with van der Waals surface area (Å²) < 4.78 is 6.03. The van der Waals surface area contributed by atoms with Crippen molar-refractivity contribution in [3.8, 4) is 0 Å². The van der Waals surface area contributed by atoms with Crippen molar-refractivity contribution in [3.05, 3.63) is 39.2 Å². The molecule has 3 N–H and O–H groups in total. The number of aromatic amines is 1. The summed E-state index contributed by atoms with van der Waals surface area (Å²) >= 11 is 6.86. The number of aromatic nitrogens is 2. The number of carbonyl (C=O) groups excluding carboxylic acids is 1. The predicted octanol–water partition coefficient (Wildman–Crippen LogP) is 1.65. The summed E-state index contributed by atoms with van der Waals surface area (Å²) in [5, 5.41) is 13.9. The molecule has 128 valence electrons. The van der Waals surface area contributed by atoms with Crippen molar-refractivity contribution in [3.63, 3.8) is 0 Å². The van der Waals surface area contributed by atoms with Gasteiger partial charge in [0.15, 0.2) is 7.05 Å². The summed E-state index contributed by atoms with van der Waals surface area (Å²) in [7, 11) is 1.59. The molecule has 0 fully saturated rings. The van der Waals surface area contributed by atoms with E-state index in [4.69, 9.17) is 16.7 Å². The minimum absolute atomic E-state index is 0.0823. The number of hydrogen-bond acceptors (Lipinski definition) is 5. The van der Waals surface area contributed by atoms with Gasteiger partial charge in [-0.2, -0.15) is 0 Å². The van der Waals surface area contributed by atoms with Crippen LogP contribution in [0.25, 0.3) is 0 Å². The second-order valence-corrected chi connectivity index (χ2v) is 6.45. The highest BCUT2D eigenvalue weighted by molar-refractivity contribution is 8.00. The van der Waals surface area contributed by atoms with E-state index in [0.717, 1.165) is 11.8 Å². The highest BCUT2D eigenvalue weighted by Crippen LogP contribution is 2.24. The lowest BCUT2D eigenvalue weighted by Crippen LogP contribution is -2.35. The quantitative estimate of drug-likeness (QED) is 0.524. The number of hydrogen-bond donors (Lipinski definition) is 3. The molecule has 10 heteroatoms. The third-order valence-corrected chi connectivity index (χ3v) is 4.96. The lowest BCUT2D eigenvalue weighted by atomic mass is 10.2. The number of amides is 1. The first-order chi connectivity index (χ1) is 11.3. The molecule has 0 aliphatic rings. The van der Waals surface area contributed by atoms with Gasteiger partial charge in [0.05, 0.1) is 15.8 Å². The van der Waals surface area contributed by atoms with Crippen molar-refractivity contribution < 1.29 is 23.9 Å². The molecule has 1 aromatic carbocycles. The van der Waals surface area contributed by atoms with Crippen LogP contribution in [-0.2, 0) is 11.8 Å². The molecule has 2 aromatic rings. The highest BCUT2D eigenvalue weighted by Gasteiger charge is 2.27. The summed E-state index contributed by atoms with van der Waals surface area (Å²) in [4.78, 5) is 35.1. The van der Waals surface area contributed by atoms with Gasteiger partial charge in [0.25, 0.3) is 0 Å². The number of aryl methyl sites for hydroxylation is 1. The summed E-state index contributed by atoms with van der Waals surface area (Å²) in [6.07, 6.45) is 0.459. The Morgan fingerprint density at radius 2 is 2.21 bits per heavy atom. The number of benzene rings is 1. The summed E-state index contributed by atoms with van der Waals surface area (Å²) in [5.41, 5.74) is -0.354. The number of H-pyrrole nitrogens is 1. The first-order valence-electron chi connectivity index (χ1n) is 6.91. The van der Waals surface area contributed by atoms with E-state index in [1.165, 1.54) is 22.9 Å². The van der Waals surface area contributed by atoms with Gasteiger partial charge in [0, 0.05) is 5.69 Å². The molecular formula is C14H15ClN3O5S+. The van der Waals surface area contributed by atoms with Gasteiger partial charge in [0.2, 0.25) is 5.91 Å². The fraction of sp³-hybridized carbons (Fsp3) is 0.286. The zero-order valence-corrected chi connectivity index (χ0v) is 14.4. The summed E-state index contributed by atoms with van der Waals surface area (Å²) in [5.74, 6) is -1.55. The predicted molar refractivity (Wildman–Crippen MR) is 87.5 cm³/mol. The third kappa shape index (κ3) is 3.98. The van der Waals surface area contributed by atoms with E-state index in [-0.39, 0.29) is 21.5 Å². The highest BCUT2D eigenvalue weighted by atomic mass is 35.5. The average Bonchev–Trinajstić information content (AvgIpc) is 2.85. The molecule has 0 spiro atoms. The molecule has 1 atom stereocenters. The maximum atomic E-state index is 12.4. The molecule has 1 aromatic heterocycles. The average molecular weight is 373 g/mol. The molecule has 0 aliphatic heterocycles. The van der Waals surface area contributed by atoms with Gasteiger partial charge in [-0.25, -0.2) is 9.59 Å². The molecule has 0 radical (unpaired) electrons. The number of rotatable bonds is 6. The van der Waals surface area contributed by atoms with Crippen LogP contribution >= 0.6 is 23.4 Å². The van der Waals surface area contributed by atoms with Crippen molar-refractivity contribution in [1.29, 1.82) is 0 Å². The van der Waals surface area contributed by atoms with Gasteiger partial charge in [-0.15, -0.1) is 0 Å². The van der Waals surface area contributed by atoms with Gasteiger partial charge in [-0.3, -0.25) is 9.32 Å². The van der Waals surface area contributed by atoms with Crippen molar-refractivity contribution >= 4 is 40.9 Å². The second-order valence-electron chi connectivity index (χ2n) is 4.85. The van der Waals surface area contributed by atoms with Gasteiger partial charge >= 0.3 is 16.6 Å². The monoisotopic (exact) mass is 372 g/mol. The minimum Gasteiger partial charge on any atom is -0.478 e. The van der Waals surface area contributed by atoms with E-state index in [1.807, 2.05) is 0 Å². The molecule has 1 unspecified atom stereocenters. The van der Waals surface area contributed by atoms with Gasteiger partial charge in [-0.1, -0.05) is 23.2 Å². The van der Waals surface area contributed by atoms with Crippen LogP contribution in [0, 0.1) is 0 Å². The zero-order chi connectivity index (χ0) is 17.9. The largest absolute Gasteiger partial charge is 0.478 e. The van der Waals surface area contributed by atoms with Gasteiger partial charge < -0.3 is 10.4 Å². The molecule has 0 bridgehead atoms. The number of carboxylic acids is 1. The SMILES string of the molecule is CCC(Sc1c(=O)o[nH][n+]1C)C(=O)Nc1ccc(Cl)c(C(=O)O)c1. The number of carbonyl (C=O) groups is 2. The zero-order valence-electron chi connectivity index (χ0n) is 12.8. The van der Waals surface area contributed by atoms with Gasteiger partial charge in [0.1, 0.15) is 0 Å². The number of anilines is 1. The smallest absolute Gasteiger partial charge is 0.441 e. The van der Waals surface area contributed by atoms with Crippen molar-refractivity contribution in [1.82, 2.24) is 5.27 Å². The first-order valence-corrected chi connectivity index (χ1v) is 8.17. The van der Waals surface area contributed by atoms with E-state index in [2.05, 4.69) is 15.1 Å². The third-order valence-electron chi connectivity index (χ3n) is 3.14. The Kier molecular flexibility index (Phi) is 5.68. The number of nitrogens with zero attached hydrogens (tertiary/aromatic N) is 1. The molecule has 0 aliphatic carbocycles. The van der Waals surface area contributed by atoms with E-state index >= 15 is 0 Å². The van der Waals surface area contributed by atoms with Crippen molar-refractivity contribution in [2.24, 2.45) is 7.05 Å². The first kappa shape index (κ1) is 18.1. The molecule has 2 rings (SSSR count). The van der Waals surface area contributed by atoms with Crippen LogP contribution in [0.4, 0.5) is 5.69 Å². The van der Waals surface area contributed by atoms with Crippen molar-refractivity contribution in [2.75, 3.05) is 5.32 Å². The van der Waals surface area contributed by atoms with Gasteiger partial charge in [-0.05, 0) is 41.7 Å². The lowest BCUT2D eigenvalue weighted by Gasteiger charge is -2.12. The Labute approximate surface area is 145 Å². The van der Waals surface area contributed by atoms with Crippen LogP contribution in [-0.4, -0.2) is 27.5 Å². The summed E-state index contributed by atoms with van der Waals surface area (Å²) in [6.45, 7) is 1.80. The Morgan fingerprint density at radius 3 is 2.75 bits per heavy atom.